The van der Waals surface area contributed by atoms with Crippen molar-refractivity contribution in [1.82, 2.24) is 10.3 Å². The van der Waals surface area contributed by atoms with Gasteiger partial charge >= 0.3 is 0 Å². The fourth-order valence-corrected chi connectivity index (χ4v) is 1.46. The lowest BCUT2D eigenvalue weighted by Gasteiger charge is -2.17. The molecule has 1 heterocycles. The second-order valence-electron chi connectivity index (χ2n) is 4.34. The zero-order chi connectivity index (χ0) is 13.5. The molecule has 19 heavy (non-hydrogen) atoms. The van der Waals surface area contributed by atoms with Crippen LogP contribution >= 0.6 is 12.4 Å². The lowest BCUT2D eigenvalue weighted by atomic mass is 9.99. The van der Waals surface area contributed by atoms with Crippen molar-refractivity contribution in [1.29, 1.82) is 0 Å². The number of carbonyl (C=O) groups is 1. The van der Waals surface area contributed by atoms with Gasteiger partial charge in [-0.05, 0) is 11.5 Å². The van der Waals surface area contributed by atoms with E-state index in [1.54, 1.807) is 19.4 Å². The molecule has 5 nitrogen and oxygen atoms in total. The number of nitrogens with two attached hydrogens (primary N) is 1. The van der Waals surface area contributed by atoms with E-state index in [0.717, 1.165) is 12.0 Å². The van der Waals surface area contributed by atoms with E-state index in [4.69, 9.17) is 10.5 Å². The van der Waals surface area contributed by atoms with Crippen LogP contribution in [-0.4, -0.2) is 24.0 Å². The molecule has 0 aromatic carbocycles. The Morgan fingerprint density at radius 1 is 1.53 bits per heavy atom. The number of rotatable bonds is 6. The molecule has 2 unspecified atom stereocenters. The van der Waals surface area contributed by atoms with Gasteiger partial charge in [0.1, 0.15) is 0 Å². The number of nitrogens with one attached hydrogen (secondary N) is 1. The fraction of sp³-hybridized carbons (Fsp3) is 0.538. The number of aromatic nitrogens is 1. The first-order valence-electron chi connectivity index (χ1n) is 6.10. The van der Waals surface area contributed by atoms with Crippen LogP contribution in [0.1, 0.15) is 25.8 Å². The van der Waals surface area contributed by atoms with E-state index in [-0.39, 0.29) is 24.2 Å². The first-order valence-corrected chi connectivity index (χ1v) is 6.10. The highest BCUT2D eigenvalue weighted by atomic mass is 35.5. The molecule has 1 rings (SSSR count). The van der Waals surface area contributed by atoms with Crippen molar-refractivity contribution in [3.63, 3.8) is 0 Å². The molecule has 2 atom stereocenters. The molecule has 0 aliphatic heterocycles. The average molecular weight is 288 g/mol. The number of nitrogens with zero attached hydrogens (tertiary/aromatic N) is 1. The van der Waals surface area contributed by atoms with E-state index in [1.807, 2.05) is 19.9 Å². The number of pyridine rings is 1. The number of hydrogen-bond acceptors (Lipinski definition) is 4. The van der Waals surface area contributed by atoms with Crippen LogP contribution < -0.4 is 15.8 Å². The zero-order valence-electron chi connectivity index (χ0n) is 11.6. The van der Waals surface area contributed by atoms with Gasteiger partial charge in [-0.15, -0.1) is 12.4 Å². The van der Waals surface area contributed by atoms with Crippen molar-refractivity contribution >= 4 is 18.3 Å². The molecule has 1 aromatic rings. The summed E-state index contributed by atoms with van der Waals surface area (Å²) in [7, 11) is 1.56. The van der Waals surface area contributed by atoms with E-state index < -0.39 is 6.04 Å². The maximum absolute atomic E-state index is 11.8. The van der Waals surface area contributed by atoms with Crippen LogP contribution in [-0.2, 0) is 11.3 Å². The van der Waals surface area contributed by atoms with Gasteiger partial charge < -0.3 is 15.8 Å². The molecule has 0 saturated heterocycles. The highest BCUT2D eigenvalue weighted by molar-refractivity contribution is 5.85. The van der Waals surface area contributed by atoms with Crippen molar-refractivity contribution in [2.24, 2.45) is 11.7 Å². The summed E-state index contributed by atoms with van der Waals surface area (Å²) in [6.07, 6.45) is 2.56. The van der Waals surface area contributed by atoms with Gasteiger partial charge in [0.15, 0.2) is 0 Å². The molecule has 1 amide bonds. The summed E-state index contributed by atoms with van der Waals surface area (Å²) in [5.41, 5.74) is 6.75. The molecule has 6 heteroatoms. The molecular formula is C13H22ClN3O2. The Kier molecular flexibility index (Phi) is 8.11. The second kappa shape index (κ2) is 8.72. The monoisotopic (exact) mass is 287 g/mol. The molecule has 108 valence electrons. The minimum absolute atomic E-state index is 0. The largest absolute Gasteiger partial charge is 0.481 e. The van der Waals surface area contributed by atoms with Gasteiger partial charge in [-0.2, -0.15) is 0 Å². The molecule has 3 N–H and O–H groups in total. The average Bonchev–Trinajstić information content (AvgIpc) is 2.43. The molecular weight excluding hydrogens is 266 g/mol. The minimum Gasteiger partial charge on any atom is -0.481 e. The van der Waals surface area contributed by atoms with Gasteiger partial charge in [0.05, 0.1) is 13.2 Å². The Morgan fingerprint density at radius 2 is 2.21 bits per heavy atom. The standard InChI is InChI=1S/C13H21N3O2.ClH/c1-4-9(2)12(14)13(17)16-8-10-5-6-11(18-3)15-7-10;/h5-7,9,12H,4,8,14H2,1-3H3,(H,16,17);1H. The molecule has 0 spiro atoms. The van der Waals surface area contributed by atoms with Crippen LogP contribution in [0.5, 0.6) is 5.88 Å². The molecule has 0 radical (unpaired) electrons. The number of ether oxygens (including phenoxy) is 1. The zero-order valence-corrected chi connectivity index (χ0v) is 12.4. The van der Waals surface area contributed by atoms with Gasteiger partial charge in [0.2, 0.25) is 11.8 Å². The summed E-state index contributed by atoms with van der Waals surface area (Å²) < 4.78 is 4.96. The molecule has 0 bridgehead atoms. The first kappa shape index (κ1) is 17.7. The van der Waals surface area contributed by atoms with Crippen LogP contribution in [0.4, 0.5) is 0 Å². The van der Waals surface area contributed by atoms with E-state index in [9.17, 15) is 4.79 Å². The van der Waals surface area contributed by atoms with Crippen molar-refractivity contribution in [3.8, 4) is 5.88 Å². The number of amides is 1. The predicted octanol–water partition coefficient (Wildman–Crippen LogP) is 1.50. The molecule has 0 aliphatic rings. The van der Waals surface area contributed by atoms with Crippen molar-refractivity contribution in [2.45, 2.75) is 32.9 Å². The highest BCUT2D eigenvalue weighted by Gasteiger charge is 2.18. The summed E-state index contributed by atoms with van der Waals surface area (Å²) in [6, 6.07) is 3.16. The van der Waals surface area contributed by atoms with Crippen molar-refractivity contribution in [3.05, 3.63) is 23.9 Å². The van der Waals surface area contributed by atoms with Crippen LogP contribution in [0.15, 0.2) is 18.3 Å². The number of hydrogen-bond donors (Lipinski definition) is 2. The highest BCUT2D eigenvalue weighted by Crippen LogP contribution is 2.08. The van der Waals surface area contributed by atoms with Crippen LogP contribution in [0.25, 0.3) is 0 Å². The second-order valence-corrected chi connectivity index (χ2v) is 4.34. The normalized spacial score (nSPS) is 13.1. The van der Waals surface area contributed by atoms with Crippen LogP contribution in [0.3, 0.4) is 0 Å². The third-order valence-corrected chi connectivity index (χ3v) is 3.03. The fourth-order valence-electron chi connectivity index (χ4n) is 1.46. The maximum atomic E-state index is 11.8. The smallest absolute Gasteiger partial charge is 0.237 e. The van der Waals surface area contributed by atoms with E-state index >= 15 is 0 Å². The summed E-state index contributed by atoms with van der Waals surface area (Å²) in [5, 5.41) is 2.81. The van der Waals surface area contributed by atoms with Gasteiger partial charge in [0, 0.05) is 18.8 Å². The maximum Gasteiger partial charge on any atom is 0.237 e. The minimum atomic E-state index is -0.457. The summed E-state index contributed by atoms with van der Waals surface area (Å²) in [6.45, 7) is 4.42. The summed E-state index contributed by atoms with van der Waals surface area (Å²) in [4.78, 5) is 15.8. The van der Waals surface area contributed by atoms with E-state index in [1.165, 1.54) is 0 Å². The molecule has 1 aromatic heterocycles. The summed E-state index contributed by atoms with van der Waals surface area (Å²) >= 11 is 0. The van der Waals surface area contributed by atoms with Gasteiger partial charge in [-0.1, -0.05) is 26.3 Å². The van der Waals surface area contributed by atoms with Crippen LogP contribution in [0, 0.1) is 5.92 Å². The van der Waals surface area contributed by atoms with E-state index in [2.05, 4.69) is 10.3 Å². The Hall–Kier alpha value is -1.33. The predicted molar refractivity (Wildman–Crippen MR) is 77.3 cm³/mol. The third kappa shape index (κ3) is 5.44. The lowest BCUT2D eigenvalue weighted by molar-refractivity contribution is -0.123. The third-order valence-electron chi connectivity index (χ3n) is 3.03. The lowest BCUT2D eigenvalue weighted by Crippen LogP contribution is -2.44. The molecule has 0 fully saturated rings. The molecule has 0 saturated carbocycles. The Bertz CT molecular complexity index is 384. The Labute approximate surface area is 120 Å². The van der Waals surface area contributed by atoms with Crippen molar-refractivity contribution in [2.75, 3.05) is 7.11 Å². The van der Waals surface area contributed by atoms with Gasteiger partial charge in [-0.25, -0.2) is 4.98 Å². The van der Waals surface area contributed by atoms with E-state index in [0.29, 0.717) is 12.4 Å². The molecule has 0 aliphatic carbocycles. The van der Waals surface area contributed by atoms with Gasteiger partial charge in [0.25, 0.3) is 0 Å². The van der Waals surface area contributed by atoms with Crippen LogP contribution in [0.2, 0.25) is 0 Å². The summed E-state index contributed by atoms with van der Waals surface area (Å²) in [5.74, 6) is 0.612. The SMILES string of the molecule is CCC(C)C(N)C(=O)NCc1ccc(OC)nc1.Cl. The number of carbonyl (C=O) groups excluding carboxylic acids is 1. The number of methoxy groups -OCH3 is 1. The Morgan fingerprint density at radius 3 is 2.68 bits per heavy atom. The Balaban J connectivity index is 0.00000324. The van der Waals surface area contributed by atoms with Gasteiger partial charge in [-0.3, -0.25) is 4.79 Å². The van der Waals surface area contributed by atoms with Crippen molar-refractivity contribution < 1.29 is 9.53 Å². The first-order chi connectivity index (χ1) is 8.58. The topological polar surface area (TPSA) is 77.2 Å². The number of halogens is 1. The quantitative estimate of drug-likeness (QED) is 0.831.